The average Bonchev–Trinajstić information content (AvgIpc) is 2.74. The Balaban J connectivity index is 3.55. The maximum absolute atomic E-state index is 14.1. The summed E-state index contributed by atoms with van der Waals surface area (Å²) in [5.41, 5.74) is 0.403. The molecule has 7 nitrogen and oxygen atoms in total. The van der Waals surface area contributed by atoms with Gasteiger partial charge in [0.05, 0.1) is 0 Å². The van der Waals surface area contributed by atoms with Crippen LogP contribution < -0.4 is 10.6 Å². The second kappa shape index (κ2) is 13.9. The van der Waals surface area contributed by atoms with Gasteiger partial charge >= 0.3 is 6.09 Å². The molecule has 2 N–H and O–H groups in total. The number of carbonyl (C=O) groups is 3. The van der Waals surface area contributed by atoms with E-state index in [1.165, 1.54) is 4.90 Å². The van der Waals surface area contributed by atoms with Crippen molar-refractivity contribution in [3.63, 3.8) is 0 Å². The molecule has 0 saturated heterocycles. The lowest BCUT2D eigenvalue weighted by Gasteiger charge is -2.38. The van der Waals surface area contributed by atoms with Crippen LogP contribution in [0.3, 0.4) is 0 Å². The predicted octanol–water partition coefficient (Wildman–Crippen LogP) is 5.19. The minimum atomic E-state index is -0.959. The van der Waals surface area contributed by atoms with Gasteiger partial charge in [-0.2, -0.15) is 0 Å². The monoisotopic (exact) mass is 499 g/mol. The first-order valence-electron chi connectivity index (χ1n) is 12.9. The summed E-state index contributed by atoms with van der Waals surface area (Å²) in [6.07, 6.45) is 7.21. The zero-order valence-corrected chi connectivity index (χ0v) is 23.5. The predicted molar refractivity (Wildman–Crippen MR) is 144 cm³/mol. The SMILES string of the molecule is C#Cc1ccccc1C(C(=O)NC(C)CCC)N(C(=O)C(CC(C)C)NC(=O)OC(C)(C)C)C(C)C. The molecule has 0 saturated carbocycles. The quantitative estimate of drug-likeness (QED) is 0.410. The van der Waals surface area contributed by atoms with E-state index in [2.05, 4.69) is 23.5 Å². The topological polar surface area (TPSA) is 87.7 Å². The fourth-order valence-electron chi connectivity index (χ4n) is 4.11. The Morgan fingerprint density at radius 1 is 1.06 bits per heavy atom. The molecular weight excluding hydrogens is 454 g/mol. The van der Waals surface area contributed by atoms with E-state index in [1.807, 2.05) is 34.6 Å². The molecule has 0 bridgehead atoms. The summed E-state index contributed by atoms with van der Waals surface area (Å²) < 4.78 is 5.42. The van der Waals surface area contributed by atoms with Crippen molar-refractivity contribution >= 4 is 17.9 Å². The van der Waals surface area contributed by atoms with Gasteiger partial charge in [-0.25, -0.2) is 4.79 Å². The second-order valence-corrected chi connectivity index (χ2v) is 11.0. The Morgan fingerprint density at radius 3 is 2.17 bits per heavy atom. The van der Waals surface area contributed by atoms with Crippen molar-refractivity contribution in [3.8, 4) is 12.3 Å². The molecule has 1 aromatic carbocycles. The van der Waals surface area contributed by atoms with Gasteiger partial charge in [0.2, 0.25) is 11.8 Å². The van der Waals surface area contributed by atoms with E-state index in [-0.39, 0.29) is 29.8 Å². The minimum Gasteiger partial charge on any atom is -0.444 e. The highest BCUT2D eigenvalue weighted by Gasteiger charge is 2.39. The number of nitrogens with one attached hydrogen (secondary N) is 2. The number of benzene rings is 1. The third-order valence-corrected chi connectivity index (χ3v) is 5.55. The number of ether oxygens (including phenoxy) is 1. The van der Waals surface area contributed by atoms with E-state index in [9.17, 15) is 14.4 Å². The van der Waals surface area contributed by atoms with Crippen LogP contribution >= 0.6 is 0 Å². The lowest BCUT2D eigenvalue weighted by Crippen LogP contribution is -2.56. The van der Waals surface area contributed by atoms with Gasteiger partial charge in [-0.05, 0) is 71.9 Å². The summed E-state index contributed by atoms with van der Waals surface area (Å²) in [6, 6.07) is 4.90. The number of rotatable bonds is 11. The van der Waals surface area contributed by atoms with Gasteiger partial charge in [0, 0.05) is 17.6 Å². The number of amides is 3. The zero-order valence-electron chi connectivity index (χ0n) is 23.5. The lowest BCUT2D eigenvalue weighted by atomic mass is 9.95. The van der Waals surface area contributed by atoms with E-state index in [0.717, 1.165) is 12.8 Å². The highest BCUT2D eigenvalue weighted by Crippen LogP contribution is 2.28. The van der Waals surface area contributed by atoms with E-state index in [0.29, 0.717) is 17.5 Å². The highest BCUT2D eigenvalue weighted by molar-refractivity contribution is 5.92. The van der Waals surface area contributed by atoms with Crippen LogP contribution in [0.25, 0.3) is 0 Å². The van der Waals surface area contributed by atoms with Gasteiger partial charge in [-0.3, -0.25) is 9.59 Å². The minimum absolute atomic E-state index is 0.0709. The molecule has 0 aliphatic rings. The first-order valence-corrected chi connectivity index (χ1v) is 12.9. The van der Waals surface area contributed by atoms with E-state index in [1.54, 1.807) is 45.0 Å². The van der Waals surface area contributed by atoms with Gasteiger partial charge in [0.1, 0.15) is 17.7 Å². The van der Waals surface area contributed by atoms with Gasteiger partial charge in [0.25, 0.3) is 0 Å². The van der Waals surface area contributed by atoms with E-state index < -0.39 is 23.8 Å². The van der Waals surface area contributed by atoms with Crippen LogP contribution in [0.1, 0.15) is 98.7 Å². The molecule has 0 spiro atoms. The van der Waals surface area contributed by atoms with Gasteiger partial charge in [-0.15, -0.1) is 6.42 Å². The molecule has 0 radical (unpaired) electrons. The Labute approximate surface area is 217 Å². The number of nitrogens with zero attached hydrogens (tertiary/aromatic N) is 1. The van der Waals surface area contributed by atoms with Crippen molar-refractivity contribution in [2.75, 3.05) is 0 Å². The van der Waals surface area contributed by atoms with Crippen molar-refractivity contribution in [3.05, 3.63) is 35.4 Å². The van der Waals surface area contributed by atoms with Crippen LogP contribution in [0.5, 0.6) is 0 Å². The summed E-state index contributed by atoms with van der Waals surface area (Å²) in [5.74, 6) is 2.10. The van der Waals surface area contributed by atoms with Gasteiger partial charge in [0.15, 0.2) is 0 Å². The molecule has 0 aromatic heterocycles. The molecule has 3 amide bonds. The van der Waals surface area contributed by atoms with Crippen LogP contribution in [-0.4, -0.2) is 46.5 Å². The molecule has 3 atom stereocenters. The lowest BCUT2D eigenvalue weighted by molar-refractivity contribution is -0.145. The summed E-state index contributed by atoms with van der Waals surface area (Å²) in [7, 11) is 0. The fourth-order valence-corrected chi connectivity index (χ4v) is 4.11. The number of hydrogen-bond acceptors (Lipinski definition) is 4. The molecule has 36 heavy (non-hydrogen) atoms. The van der Waals surface area contributed by atoms with Crippen molar-refractivity contribution in [1.82, 2.24) is 15.5 Å². The van der Waals surface area contributed by atoms with Crippen molar-refractivity contribution < 1.29 is 19.1 Å². The second-order valence-electron chi connectivity index (χ2n) is 11.0. The van der Waals surface area contributed by atoms with Gasteiger partial charge < -0.3 is 20.3 Å². The largest absolute Gasteiger partial charge is 0.444 e. The number of terminal acetylenes is 1. The smallest absolute Gasteiger partial charge is 0.408 e. The van der Waals surface area contributed by atoms with Crippen molar-refractivity contribution in [2.45, 2.75) is 111 Å². The standard InChI is InChI=1S/C29H45N3O4/c1-11-15-21(7)30-26(33)25(23-17-14-13-16-22(23)12-2)32(20(5)6)27(34)24(18-19(3)4)31-28(35)36-29(8,9)10/h2,13-14,16-17,19-21,24-25H,11,15,18H2,1,3-10H3,(H,30,33)(H,31,35). The van der Waals surface area contributed by atoms with Crippen LogP contribution in [0.2, 0.25) is 0 Å². The third kappa shape index (κ3) is 9.56. The summed E-state index contributed by atoms with van der Waals surface area (Å²) in [6.45, 7) is 16.9. The number of alkyl carbamates (subject to hydrolysis) is 1. The molecule has 0 aliphatic heterocycles. The molecule has 0 heterocycles. The maximum Gasteiger partial charge on any atom is 0.408 e. The fraction of sp³-hybridized carbons (Fsp3) is 0.621. The van der Waals surface area contributed by atoms with Crippen LogP contribution in [0.4, 0.5) is 4.79 Å². The summed E-state index contributed by atoms with van der Waals surface area (Å²) in [4.78, 5) is 42.0. The summed E-state index contributed by atoms with van der Waals surface area (Å²) >= 11 is 0. The zero-order chi connectivity index (χ0) is 27.6. The molecule has 0 aliphatic carbocycles. The average molecular weight is 500 g/mol. The number of carbonyl (C=O) groups excluding carboxylic acids is 3. The van der Waals surface area contributed by atoms with E-state index >= 15 is 0 Å². The first-order chi connectivity index (χ1) is 16.7. The molecule has 1 rings (SSSR count). The Hall–Kier alpha value is -3.01. The molecule has 200 valence electrons. The molecule has 7 heteroatoms. The maximum atomic E-state index is 14.1. The van der Waals surface area contributed by atoms with Gasteiger partial charge in [-0.1, -0.05) is 51.3 Å². The summed E-state index contributed by atoms with van der Waals surface area (Å²) in [5, 5.41) is 5.81. The van der Waals surface area contributed by atoms with Crippen LogP contribution in [0.15, 0.2) is 24.3 Å². The highest BCUT2D eigenvalue weighted by atomic mass is 16.6. The Morgan fingerprint density at radius 2 is 1.67 bits per heavy atom. The molecule has 1 aromatic rings. The normalized spacial score (nSPS) is 13.9. The molecule has 0 fully saturated rings. The first kappa shape index (κ1) is 31.0. The van der Waals surface area contributed by atoms with E-state index in [4.69, 9.17) is 11.2 Å². The van der Waals surface area contributed by atoms with Crippen molar-refractivity contribution in [2.24, 2.45) is 5.92 Å². The van der Waals surface area contributed by atoms with Crippen molar-refractivity contribution in [1.29, 1.82) is 0 Å². The number of hydrogen-bond donors (Lipinski definition) is 2. The molecule has 3 unspecified atom stereocenters. The third-order valence-electron chi connectivity index (χ3n) is 5.55. The molecular formula is C29H45N3O4. The Kier molecular flexibility index (Phi) is 12.0. The van der Waals surface area contributed by atoms with Crippen LogP contribution in [0, 0.1) is 18.3 Å². The Bertz CT molecular complexity index is 927. The van der Waals surface area contributed by atoms with Crippen LogP contribution in [-0.2, 0) is 14.3 Å².